The van der Waals surface area contributed by atoms with Crippen LogP contribution >= 0.6 is 0 Å². The second kappa shape index (κ2) is 5.04. The summed E-state index contributed by atoms with van der Waals surface area (Å²) >= 11 is 0. The van der Waals surface area contributed by atoms with Gasteiger partial charge in [-0.15, -0.1) is 0 Å². The van der Waals surface area contributed by atoms with Gasteiger partial charge in [0.2, 0.25) is 0 Å². The molecule has 2 amide bonds. The minimum Gasteiger partial charge on any atom is -0.299 e. The van der Waals surface area contributed by atoms with Crippen molar-refractivity contribution < 1.29 is 14.4 Å². The molecule has 0 aromatic carbocycles. The lowest BCUT2D eigenvalue weighted by molar-refractivity contribution is -0.144. The van der Waals surface area contributed by atoms with Crippen molar-refractivity contribution in [1.29, 1.82) is 0 Å². The average molecular weight is 251 g/mol. The second-order valence-electron chi connectivity index (χ2n) is 5.82. The Morgan fingerprint density at radius 2 is 1.61 bits per heavy atom. The molecule has 4 heteroatoms. The molecule has 0 saturated carbocycles. The number of hydrogen-bond acceptors (Lipinski definition) is 3. The fourth-order valence-electron chi connectivity index (χ4n) is 2.51. The van der Waals surface area contributed by atoms with Gasteiger partial charge in [0.25, 0.3) is 11.8 Å². The summed E-state index contributed by atoms with van der Waals surface area (Å²) in [5, 5.41) is 0. The largest absolute Gasteiger partial charge is 0.299 e. The van der Waals surface area contributed by atoms with Crippen molar-refractivity contribution in [3.8, 4) is 0 Å². The first-order valence-corrected chi connectivity index (χ1v) is 6.27. The van der Waals surface area contributed by atoms with Gasteiger partial charge in [0.05, 0.1) is 0 Å². The molecule has 1 unspecified atom stereocenters. The summed E-state index contributed by atoms with van der Waals surface area (Å²) in [6.07, 6.45) is 3.04. The number of nitrogens with zero attached hydrogens (tertiary/aromatic N) is 1. The summed E-state index contributed by atoms with van der Waals surface area (Å²) in [7, 11) is 0. The third-order valence-corrected chi connectivity index (χ3v) is 3.28. The van der Waals surface area contributed by atoms with E-state index < -0.39 is 5.54 Å². The van der Waals surface area contributed by atoms with Crippen LogP contribution in [-0.4, -0.2) is 28.0 Å². The van der Waals surface area contributed by atoms with E-state index in [-0.39, 0.29) is 29.4 Å². The monoisotopic (exact) mass is 251 g/mol. The van der Waals surface area contributed by atoms with Crippen LogP contribution < -0.4 is 0 Å². The molecule has 100 valence electrons. The third kappa shape index (κ3) is 2.86. The van der Waals surface area contributed by atoms with Crippen molar-refractivity contribution in [2.24, 2.45) is 11.8 Å². The standard InChI is InChI=1S/C14H21NO3/c1-9(2)13(18)10(3)8-14(4,5)15-11(16)6-7-12(15)17/h6-7,9-10H,8H2,1-5H3. The van der Waals surface area contributed by atoms with Crippen LogP contribution in [0.4, 0.5) is 0 Å². The molecule has 0 aliphatic carbocycles. The number of hydrogen-bond donors (Lipinski definition) is 0. The van der Waals surface area contributed by atoms with Gasteiger partial charge in [-0.2, -0.15) is 0 Å². The van der Waals surface area contributed by atoms with Crippen molar-refractivity contribution in [2.45, 2.75) is 46.6 Å². The molecular weight excluding hydrogens is 230 g/mol. The molecule has 0 bridgehead atoms. The highest BCUT2D eigenvalue weighted by Crippen LogP contribution is 2.28. The molecule has 0 spiro atoms. The van der Waals surface area contributed by atoms with Crippen molar-refractivity contribution in [1.82, 2.24) is 4.90 Å². The number of ketones is 1. The molecule has 0 aromatic rings. The van der Waals surface area contributed by atoms with Crippen molar-refractivity contribution >= 4 is 17.6 Å². The van der Waals surface area contributed by atoms with E-state index in [9.17, 15) is 14.4 Å². The van der Waals surface area contributed by atoms with Crippen LogP contribution in [-0.2, 0) is 14.4 Å². The first-order chi connectivity index (χ1) is 8.16. The summed E-state index contributed by atoms with van der Waals surface area (Å²) < 4.78 is 0. The predicted molar refractivity (Wildman–Crippen MR) is 68.7 cm³/mol. The van der Waals surface area contributed by atoms with Crippen molar-refractivity contribution in [3.63, 3.8) is 0 Å². The van der Waals surface area contributed by atoms with E-state index in [1.54, 1.807) is 0 Å². The average Bonchev–Trinajstić information content (AvgIpc) is 2.56. The van der Waals surface area contributed by atoms with Gasteiger partial charge >= 0.3 is 0 Å². The van der Waals surface area contributed by atoms with Crippen LogP contribution in [0.25, 0.3) is 0 Å². The van der Waals surface area contributed by atoms with E-state index >= 15 is 0 Å². The Hall–Kier alpha value is -1.45. The highest BCUT2D eigenvalue weighted by Gasteiger charge is 2.39. The molecule has 1 heterocycles. The number of carbonyl (C=O) groups is 3. The number of amides is 2. The third-order valence-electron chi connectivity index (χ3n) is 3.28. The smallest absolute Gasteiger partial charge is 0.254 e. The van der Waals surface area contributed by atoms with Gasteiger partial charge in [0, 0.05) is 29.5 Å². The van der Waals surface area contributed by atoms with Crippen LogP contribution in [0.2, 0.25) is 0 Å². The SMILES string of the molecule is CC(C)C(=O)C(C)CC(C)(C)N1C(=O)C=CC1=O. The molecule has 0 fully saturated rings. The van der Waals surface area contributed by atoms with Crippen LogP contribution in [0.3, 0.4) is 0 Å². The van der Waals surface area contributed by atoms with Crippen LogP contribution in [0, 0.1) is 11.8 Å². The highest BCUT2D eigenvalue weighted by molar-refractivity contribution is 6.13. The summed E-state index contributed by atoms with van der Waals surface area (Å²) in [6.45, 7) is 9.21. The quantitative estimate of drug-likeness (QED) is 0.702. The molecular formula is C14H21NO3. The highest BCUT2D eigenvalue weighted by atomic mass is 16.2. The number of Topliss-reactive ketones (excluding diaryl/α,β-unsaturated/α-hetero) is 1. The zero-order valence-corrected chi connectivity index (χ0v) is 11.7. The number of rotatable bonds is 5. The summed E-state index contributed by atoms with van der Waals surface area (Å²) in [4.78, 5) is 36.4. The Bertz CT molecular complexity index is 389. The van der Waals surface area contributed by atoms with E-state index in [2.05, 4.69) is 0 Å². The van der Waals surface area contributed by atoms with Gasteiger partial charge in [-0.05, 0) is 20.3 Å². The molecule has 1 atom stereocenters. The first kappa shape index (κ1) is 14.6. The lowest BCUT2D eigenvalue weighted by Gasteiger charge is -2.35. The molecule has 0 N–H and O–H groups in total. The van der Waals surface area contributed by atoms with Gasteiger partial charge in [-0.3, -0.25) is 19.3 Å². The van der Waals surface area contributed by atoms with E-state index in [4.69, 9.17) is 0 Å². The maximum atomic E-state index is 11.9. The van der Waals surface area contributed by atoms with Crippen molar-refractivity contribution in [3.05, 3.63) is 12.2 Å². The van der Waals surface area contributed by atoms with Crippen LogP contribution in [0.15, 0.2) is 12.2 Å². The Balaban J connectivity index is 2.79. The summed E-state index contributed by atoms with van der Waals surface area (Å²) in [5.41, 5.74) is -0.637. The molecule has 1 rings (SSSR count). The Morgan fingerprint density at radius 1 is 1.17 bits per heavy atom. The molecule has 0 aromatic heterocycles. The number of carbonyl (C=O) groups excluding carboxylic acids is 3. The van der Waals surface area contributed by atoms with E-state index in [1.165, 1.54) is 17.1 Å². The first-order valence-electron chi connectivity index (χ1n) is 6.27. The Morgan fingerprint density at radius 3 is 2.00 bits per heavy atom. The molecule has 4 nitrogen and oxygen atoms in total. The van der Waals surface area contributed by atoms with Gasteiger partial charge in [0.1, 0.15) is 5.78 Å². The lowest BCUT2D eigenvalue weighted by Crippen LogP contribution is -2.49. The van der Waals surface area contributed by atoms with Gasteiger partial charge in [-0.25, -0.2) is 0 Å². The maximum absolute atomic E-state index is 11.9. The molecule has 18 heavy (non-hydrogen) atoms. The molecule has 1 aliphatic heterocycles. The minimum absolute atomic E-state index is 0.0288. The summed E-state index contributed by atoms with van der Waals surface area (Å²) in [6, 6.07) is 0. The van der Waals surface area contributed by atoms with Gasteiger partial charge in [0.15, 0.2) is 0 Å². The fraction of sp³-hybridized carbons (Fsp3) is 0.643. The topological polar surface area (TPSA) is 54.5 Å². The van der Waals surface area contributed by atoms with Gasteiger partial charge in [-0.1, -0.05) is 20.8 Å². The maximum Gasteiger partial charge on any atom is 0.254 e. The Kier molecular flexibility index (Phi) is 4.09. The van der Waals surface area contributed by atoms with Gasteiger partial charge < -0.3 is 0 Å². The van der Waals surface area contributed by atoms with Crippen LogP contribution in [0.1, 0.15) is 41.0 Å². The molecule has 0 saturated heterocycles. The molecule has 0 radical (unpaired) electrons. The zero-order valence-electron chi connectivity index (χ0n) is 11.7. The van der Waals surface area contributed by atoms with Crippen molar-refractivity contribution in [2.75, 3.05) is 0 Å². The number of imide groups is 1. The normalized spacial score (nSPS) is 17.8. The zero-order chi connectivity index (χ0) is 14.1. The predicted octanol–water partition coefficient (Wildman–Crippen LogP) is 1.94. The lowest BCUT2D eigenvalue weighted by atomic mass is 9.84. The fourth-order valence-corrected chi connectivity index (χ4v) is 2.51. The van der Waals surface area contributed by atoms with E-state index in [1.807, 2.05) is 34.6 Å². The molecule has 1 aliphatic rings. The minimum atomic E-state index is -0.637. The van der Waals surface area contributed by atoms with E-state index in [0.29, 0.717) is 6.42 Å². The second-order valence-corrected chi connectivity index (χ2v) is 5.82. The van der Waals surface area contributed by atoms with E-state index in [0.717, 1.165) is 0 Å². The Labute approximate surface area is 108 Å². The summed E-state index contributed by atoms with van der Waals surface area (Å²) in [5.74, 6) is -0.626. The van der Waals surface area contributed by atoms with Crippen LogP contribution in [0.5, 0.6) is 0 Å².